The standard InChI is InChI=1S/C18H27F3N4O2.HI/c1-3-22-17(24-14-7-8-25(11-14)12-18(19,20)21)23-10-16(26)13-5-4-6-15(9-13)27-2;/h4-6,9,14,16,26H,3,7-8,10-12H2,1-2H3,(H2,22,23,24);1H. The van der Waals surface area contributed by atoms with E-state index in [0.29, 0.717) is 43.3 Å². The number of aliphatic hydroxyl groups excluding tert-OH is 1. The predicted molar refractivity (Wildman–Crippen MR) is 113 cm³/mol. The first-order valence-corrected chi connectivity index (χ1v) is 8.96. The van der Waals surface area contributed by atoms with E-state index in [0.717, 1.165) is 0 Å². The lowest BCUT2D eigenvalue weighted by molar-refractivity contribution is -0.143. The van der Waals surface area contributed by atoms with Crippen LogP contribution in [0.15, 0.2) is 29.3 Å². The minimum atomic E-state index is -4.19. The number of guanidine groups is 1. The topological polar surface area (TPSA) is 69.1 Å². The number of aliphatic hydroxyl groups is 1. The number of likely N-dealkylation sites (tertiary alicyclic amines) is 1. The van der Waals surface area contributed by atoms with Crippen LogP contribution in [0.1, 0.15) is 25.0 Å². The third-order valence-electron chi connectivity index (χ3n) is 4.26. The van der Waals surface area contributed by atoms with Gasteiger partial charge in [0.2, 0.25) is 0 Å². The molecule has 3 N–H and O–H groups in total. The van der Waals surface area contributed by atoms with Crippen molar-refractivity contribution >= 4 is 29.9 Å². The summed E-state index contributed by atoms with van der Waals surface area (Å²) in [6, 6.07) is 7.00. The van der Waals surface area contributed by atoms with Gasteiger partial charge in [0.05, 0.1) is 26.3 Å². The van der Waals surface area contributed by atoms with Gasteiger partial charge in [0.15, 0.2) is 5.96 Å². The Bertz CT molecular complexity index is 631. The van der Waals surface area contributed by atoms with Crippen LogP contribution in [0.5, 0.6) is 5.75 Å². The van der Waals surface area contributed by atoms with Crippen LogP contribution in [-0.2, 0) is 0 Å². The van der Waals surface area contributed by atoms with Gasteiger partial charge >= 0.3 is 6.18 Å². The van der Waals surface area contributed by atoms with Gasteiger partial charge < -0.3 is 20.5 Å². The molecule has 2 unspecified atom stereocenters. The van der Waals surface area contributed by atoms with Crippen LogP contribution < -0.4 is 15.4 Å². The Morgan fingerprint density at radius 3 is 2.82 bits per heavy atom. The number of nitrogens with zero attached hydrogens (tertiary/aromatic N) is 2. The summed E-state index contributed by atoms with van der Waals surface area (Å²) in [5, 5.41) is 16.6. The average molecular weight is 516 g/mol. The van der Waals surface area contributed by atoms with Crippen molar-refractivity contribution in [3.63, 3.8) is 0 Å². The van der Waals surface area contributed by atoms with E-state index < -0.39 is 18.8 Å². The van der Waals surface area contributed by atoms with Gasteiger partial charge in [-0.3, -0.25) is 9.89 Å². The Balaban J connectivity index is 0.00000392. The molecule has 0 spiro atoms. The number of alkyl halides is 3. The molecular weight excluding hydrogens is 488 g/mol. The minimum absolute atomic E-state index is 0. The fraction of sp³-hybridized carbons (Fsp3) is 0.611. The number of hydrogen-bond acceptors (Lipinski definition) is 4. The molecule has 1 fully saturated rings. The zero-order chi connectivity index (χ0) is 19.9. The van der Waals surface area contributed by atoms with Gasteiger partial charge in [0.1, 0.15) is 5.75 Å². The third kappa shape index (κ3) is 8.39. The highest BCUT2D eigenvalue weighted by Gasteiger charge is 2.34. The van der Waals surface area contributed by atoms with Crippen molar-refractivity contribution in [1.82, 2.24) is 15.5 Å². The molecule has 0 amide bonds. The predicted octanol–water partition coefficient (Wildman–Crippen LogP) is 2.54. The summed E-state index contributed by atoms with van der Waals surface area (Å²) in [5.74, 6) is 1.13. The Morgan fingerprint density at radius 2 is 2.18 bits per heavy atom. The molecule has 0 saturated carbocycles. The first-order valence-electron chi connectivity index (χ1n) is 8.96. The van der Waals surface area contributed by atoms with E-state index in [2.05, 4.69) is 15.6 Å². The summed E-state index contributed by atoms with van der Waals surface area (Å²) in [6.07, 6.45) is -4.38. The maximum Gasteiger partial charge on any atom is 0.401 e. The fourth-order valence-corrected chi connectivity index (χ4v) is 2.99. The molecule has 1 aromatic rings. The van der Waals surface area contributed by atoms with Gasteiger partial charge in [0, 0.05) is 25.7 Å². The number of aliphatic imine (C=N–C) groups is 1. The summed E-state index contributed by atoms with van der Waals surface area (Å²) in [6.45, 7) is 2.45. The van der Waals surface area contributed by atoms with Crippen molar-refractivity contribution in [2.24, 2.45) is 4.99 Å². The smallest absolute Gasteiger partial charge is 0.401 e. The maximum absolute atomic E-state index is 12.5. The van der Waals surface area contributed by atoms with Crippen molar-refractivity contribution in [2.45, 2.75) is 31.7 Å². The molecule has 0 radical (unpaired) electrons. The molecule has 0 aliphatic carbocycles. The van der Waals surface area contributed by atoms with Gasteiger partial charge in [-0.05, 0) is 31.0 Å². The van der Waals surface area contributed by atoms with Crippen LogP contribution in [0.25, 0.3) is 0 Å². The van der Waals surface area contributed by atoms with Crippen LogP contribution in [-0.4, -0.2) is 68.0 Å². The first-order chi connectivity index (χ1) is 12.8. The molecular formula is C18H28F3IN4O2. The highest BCUT2D eigenvalue weighted by molar-refractivity contribution is 14.0. The highest BCUT2D eigenvalue weighted by atomic mass is 127. The van der Waals surface area contributed by atoms with Crippen molar-refractivity contribution in [3.05, 3.63) is 29.8 Å². The number of nitrogens with one attached hydrogen (secondary N) is 2. The molecule has 0 bridgehead atoms. The van der Waals surface area contributed by atoms with Crippen LogP contribution in [0.4, 0.5) is 13.2 Å². The van der Waals surface area contributed by atoms with Crippen LogP contribution in [0, 0.1) is 0 Å². The second-order valence-corrected chi connectivity index (χ2v) is 6.49. The molecule has 0 aromatic heterocycles. The number of methoxy groups -OCH3 is 1. The Morgan fingerprint density at radius 1 is 1.43 bits per heavy atom. The molecule has 2 rings (SSSR count). The zero-order valence-electron chi connectivity index (χ0n) is 16.0. The van der Waals surface area contributed by atoms with Crippen molar-refractivity contribution in [3.8, 4) is 5.75 Å². The lowest BCUT2D eigenvalue weighted by Crippen LogP contribution is -2.45. The first kappa shape index (κ1) is 24.8. The molecule has 1 aliphatic rings. The maximum atomic E-state index is 12.5. The van der Waals surface area contributed by atoms with E-state index in [9.17, 15) is 18.3 Å². The van der Waals surface area contributed by atoms with Crippen LogP contribution in [0.2, 0.25) is 0 Å². The Kier molecular flexibility index (Phi) is 10.3. The lowest BCUT2D eigenvalue weighted by atomic mass is 10.1. The lowest BCUT2D eigenvalue weighted by Gasteiger charge is -2.20. The Hall–Kier alpha value is -1.27. The largest absolute Gasteiger partial charge is 0.497 e. The molecule has 1 heterocycles. The minimum Gasteiger partial charge on any atom is -0.497 e. The highest BCUT2D eigenvalue weighted by Crippen LogP contribution is 2.21. The van der Waals surface area contributed by atoms with Gasteiger partial charge in [-0.1, -0.05) is 12.1 Å². The molecule has 2 atom stereocenters. The third-order valence-corrected chi connectivity index (χ3v) is 4.26. The van der Waals surface area contributed by atoms with E-state index in [-0.39, 0.29) is 36.6 Å². The number of hydrogen-bond donors (Lipinski definition) is 3. The van der Waals surface area contributed by atoms with E-state index in [1.807, 2.05) is 6.92 Å². The summed E-state index contributed by atoms with van der Waals surface area (Å²) in [4.78, 5) is 5.75. The van der Waals surface area contributed by atoms with E-state index in [1.165, 1.54) is 4.90 Å². The molecule has 10 heteroatoms. The zero-order valence-corrected chi connectivity index (χ0v) is 18.3. The monoisotopic (exact) mass is 516 g/mol. The molecule has 28 heavy (non-hydrogen) atoms. The van der Waals surface area contributed by atoms with Crippen LogP contribution >= 0.6 is 24.0 Å². The molecule has 6 nitrogen and oxygen atoms in total. The molecule has 1 aliphatic heterocycles. The number of benzene rings is 1. The van der Waals surface area contributed by atoms with E-state index >= 15 is 0 Å². The van der Waals surface area contributed by atoms with Crippen molar-refractivity contribution in [1.29, 1.82) is 0 Å². The van der Waals surface area contributed by atoms with Gasteiger partial charge in [-0.25, -0.2) is 0 Å². The van der Waals surface area contributed by atoms with Gasteiger partial charge in [-0.2, -0.15) is 13.2 Å². The van der Waals surface area contributed by atoms with E-state index in [4.69, 9.17) is 4.74 Å². The van der Waals surface area contributed by atoms with E-state index in [1.54, 1.807) is 31.4 Å². The number of halogens is 4. The molecule has 1 saturated heterocycles. The summed E-state index contributed by atoms with van der Waals surface area (Å²) in [7, 11) is 1.56. The summed E-state index contributed by atoms with van der Waals surface area (Å²) < 4.78 is 42.7. The quantitative estimate of drug-likeness (QED) is 0.296. The van der Waals surface area contributed by atoms with Gasteiger partial charge in [0.25, 0.3) is 0 Å². The number of ether oxygens (including phenoxy) is 1. The molecule has 1 aromatic carbocycles. The number of rotatable bonds is 7. The summed E-state index contributed by atoms with van der Waals surface area (Å²) >= 11 is 0. The average Bonchev–Trinajstić information content (AvgIpc) is 3.04. The van der Waals surface area contributed by atoms with Crippen molar-refractivity contribution < 1.29 is 23.0 Å². The summed E-state index contributed by atoms with van der Waals surface area (Å²) in [5.41, 5.74) is 0.686. The normalized spacial score (nSPS) is 19.1. The van der Waals surface area contributed by atoms with Crippen molar-refractivity contribution in [2.75, 3.05) is 39.8 Å². The Labute approximate surface area is 180 Å². The second-order valence-electron chi connectivity index (χ2n) is 6.49. The SMILES string of the molecule is CCNC(=NCC(O)c1cccc(OC)c1)NC1CCN(CC(F)(F)F)C1.I. The second kappa shape index (κ2) is 11.7. The van der Waals surface area contributed by atoms with Crippen LogP contribution in [0.3, 0.4) is 0 Å². The van der Waals surface area contributed by atoms with Gasteiger partial charge in [-0.15, -0.1) is 24.0 Å². The molecule has 160 valence electrons. The fourth-order valence-electron chi connectivity index (χ4n) is 2.99.